The van der Waals surface area contributed by atoms with Gasteiger partial charge in [-0.05, 0) is 48.4 Å². The minimum absolute atomic E-state index is 0.121. The highest BCUT2D eigenvalue weighted by atomic mass is 19.1. The van der Waals surface area contributed by atoms with Crippen molar-refractivity contribution in [1.82, 2.24) is 4.90 Å². The largest absolute Gasteiger partial charge is 0.467 e. The highest BCUT2D eigenvalue weighted by molar-refractivity contribution is 5.85. The molecule has 0 radical (unpaired) electrons. The van der Waals surface area contributed by atoms with E-state index in [9.17, 15) is 14.0 Å². The molecule has 154 valence electrons. The van der Waals surface area contributed by atoms with Gasteiger partial charge in [0, 0.05) is 26.5 Å². The number of carbonyl (C=O) groups excluding carboxylic acids is 2. The number of rotatable bonds is 7. The number of hydrogen-bond acceptors (Lipinski definition) is 5. The van der Waals surface area contributed by atoms with E-state index in [4.69, 9.17) is 14.2 Å². The Morgan fingerprint density at radius 1 is 1.10 bits per heavy atom. The van der Waals surface area contributed by atoms with Crippen LogP contribution in [-0.2, 0) is 25.5 Å². The zero-order chi connectivity index (χ0) is 20.8. The molecule has 1 aliphatic rings. The number of halogens is 1. The maximum atomic E-state index is 13.0. The van der Waals surface area contributed by atoms with Crippen LogP contribution in [0.2, 0.25) is 0 Å². The summed E-state index contributed by atoms with van der Waals surface area (Å²) in [6.45, 7) is 0.378. The van der Waals surface area contributed by atoms with Crippen molar-refractivity contribution in [1.29, 1.82) is 0 Å². The van der Waals surface area contributed by atoms with Crippen LogP contribution in [0.4, 0.5) is 4.39 Å². The molecule has 0 bridgehead atoms. The zero-order valence-electron chi connectivity index (χ0n) is 16.5. The first kappa shape index (κ1) is 20.8. The number of aryl methyl sites for hydroxylation is 1. The fraction of sp³-hybridized carbons (Fsp3) is 0.364. The van der Waals surface area contributed by atoms with E-state index in [0.717, 1.165) is 5.56 Å². The molecule has 6 nitrogen and oxygen atoms in total. The van der Waals surface area contributed by atoms with Gasteiger partial charge in [0.25, 0.3) is 0 Å². The summed E-state index contributed by atoms with van der Waals surface area (Å²) in [4.78, 5) is 26.2. The van der Waals surface area contributed by atoms with E-state index in [1.54, 1.807) is 30.2 Å². The van der Waals surface area contributed by atoms with Crippen molar-refractivity contribution >= 4 is 11.9 Å². The SMILES string of the molecule is COC(=O)[C@H]1C[C@H](OC)CN1C(=O)CCc1cccc(Oc2ccc(F)cc2)c1. The topological polar surface area (TPSA) is 65.1 Å². The molecule has 1 amide bonds. The van der Waals surface area contributed by atoms with Crippen molar-refractivity contribution in [2.45, 2.75) is 31.4 Å². The lowest BCUT2D eigenvalue weighted by Crippen LogP contribution is -2.41. The Bertz CT molecular complexity index is 855. The number of methoxy groups -OCH3 is 2. The molecule has 2 atom stereocenters. The minimum atomic E-state index is -0.606. The van der Waals surface area contributed by atoms with Crippen LogP contribution in [0, 0.1) is 5.82 Å². The monoisotopic (exact) mass is 401 g/mol. The zero-order valence-corrected chi connectivity index (χ0v) is 16.5. The number of carbonyl (C=O) groups is 2. The number of amides is 1. The Morgan fingerprint density at radius 2 is 1.86 bits per heavy atom. The normalized spacial score (nSPS) is 18.5. The highest BCUT2D eigenvalue weighted by Gasteiger charge is 2.40. The maximum absolute atomic E-state index is 13.0. The molecule has 0 spiro atoms. The van der Waals surface area contributed by atoms with Crippen molar-refractivity contribution < 1.29 is 28.2 Å². The first-order valence-corrected chi connectivity index (χ1v) is 9.42. The smallest absolute Gasteiger partial charge is 0.328 e. The standard InChI is InChI=1S/C22H24FNO5/c1-27-19-13-20(22(26)28-2)24(14-19)21(25)11-6-15-4-3-5-18(12-15)29-17-9-7-16(23)8-10-17/h3-5,7-10,12,19-20H,6,11,13-14H2,1-2H3/t19-,20+/m0/s1. The van der Waals surface area contributed by atoms with Crippen molar-refractivity contribution in [2.75, 3.05) is 20.8 Å². The number of hydrogen-bond donors (Lipinski definition) is 0. The summed E-state index contributed by atoms with van der Waals surface area (Å²) < 4.78 is 28.9. The van der Waals surface area contributed by atoms with Gasteiger partial charge in [-0.3, -0.25) is 4.79 Å². The average Bonchev–Trinajstić information content (AvgIpc) is 3.18. The summed E-state index contributed by atoms with van der Waals surface area (Å²) in [6, 6.07) is 12.6. The van der Waals surface area contributed by atoms with E-state index in [1.165, 1.54) is 19.2 Å². The Kier molecular flexibility index (Phi) is 6.82. The molecule has 0 N–H and O–H groups in total. The van der Waals surface area contributed by atoms with Gasteiger partial charge >= 0.3 is 5.97 Å². The first-order chi connectivity index (χ1) is 14.0. The second-order valence-electron chi connectivity index (χ2n) is 6.88. The van der Waals surface area contributed by atoms with Crippen molar-refractivity contribution in [3.05, 3.63) is 59.9 Å². The van der Waals surface area contributed by atoms with Gasteiger partial charge in [0.1, 0.15) is 23.4 Å². The maximum Gasteiger partial charge on any atom is 0.328 e. The van der Waals surface area contributed by atoms with E-state index in [0.29, 0.717) is 30.9 Å². The number of esters is 1. The molecule has 3 rings (SSSR count). The number of ether oxygens (including phenoxy) is 3. The second kappa shape index (κ2) is 9.52. The molecule has 0 unspecified atom stereocenters. The molecule has 1 aliphatic heterocycles. The Balaban J connectivity index is 1.61. The Morgan fingerprint density at radius 3 is 2.55 bits per heavy atom. The van der Waals surface area contributed by atoms with Gasteiger partial charge in [0.2, 0.25) is 5.91 Å². The Hall–Kier alpha value is -2.93. The van der Waals surface area contributed by atoms with Crippen molar-refractivity contribution in [3.63, 3.8) is 0 Å². The van der Waals surface area contributed by atoms with Crippen LogP contribution in [0.1, 0.15) is 18.4 Å². The molecule has 29 heavy (non-hydrogen) atoms. The minimum Gasteiger partial charge on any atom is -0.467 e. The number of likely N-dealkylation sites (tertiary alicyclic amines) is 1. The van der Waals surface area contributed by atoms with Gasteiger partial charge in [-0.2, -0.15) is 0 Å². The van der Waals surface area contributed by atoms with E-state index >= 15 is 0 Å². The molecule has 2 aromatic rings. The van der Waals surface area contributed by atoms with Crippen LogP contribution >= 0.6 is 0 Å². The molecular weight excluding hydrogens is 377 g/mol. The van der Waals surface area contributed by atoms with Crippen LogP contribution in [0.15, 0.2) is 48.5 Å². The fourth-order valence-electron chi connectivity index (χ4n) is 3.40. The summed E-state index contributed by atoms with van der Waals surface area (Å²) in [5, 5.41) is 0. The third-order valence-corrected chi connectivity index (χ3v) is 4.96. The average molecular weight is 401 g/mol. The summed E-state index contributed by atoms with van der Waals surface area (Å²) in [6.07, 6.45) is 1.02. The molecule has 1 heterocycles. The van der Waals surface area contributed by atoms with Gasteiger partial charge in [0.15, 0.2) is 0 Å². The lowest BCUT2D eigenvalue weighted by atomic mass is 10.1. The van der Waals surface area contributed by atoms with Crippen molar-refractivity contribution in [2.24, 2.45) is 0 Å². The summed E-state index contributed by atoms with van der Waals surface area (Å²) >= 11 is 0. The third kappa shape index (κ3) is 5.32. The molecule has 0 aromatic heterocycles. The van der Waals surface area contributed by atoms with Crippen LogP contribution < -0.4 is 4.74 Å². The molecule has 1 saturated heterocycles. The predicted octanol–water partition coefficient (Wildman–Crippen LogP) is 3.34. The van der Waals surface area contributed by atoms with Crippen molar-refractivity contribution in [3.8, 4) is 11.5 Å². The molecular formula is C22H24FNO5. The lowest BCUT2D eigenvalue weighted by molar-refractivity contribution is -0.150. The quantitative estimate of drug-likeness (QED) is 0.666. The van der Waals surface area contributed by atoms with Crippen LogP contribution in [0.5, 0.6) is 11.5 Å². The fourth-order valence-corrected chi connectivity index (χ4v) is 3.40. The van der Waals surface area contributed by atoms with Gasteiger partial charge < -0.3 is 19.1 Å². The second-order valence-corrected chi connectivity index (χ2v) is 6.88. The molecule has 0 saturated carbocycles. The van der Waals surface area contributed by atoms with Crippen LogP contribution in [0.3, 0.4) is 0 Å². The summed E-state index contributed by atoms with van der Waals surface area (Å²) in [7, 11) is 2.89. The van der Waals surface area contributed by atoms with Gasteiger partial charge in [0.05, 0.1) is 13.2 Å². The molecule has 7 heteroatoms. The number of benzene rings is 2. The van der Waals surface area contributed by atoms with Gasteiger partial charge in [-0.15, -0.1) is 0 Å². The molecule has 0 aliphatic carbocycles. The van der Waals surface area contributed by atoms with E-state index in [1.807, 2.05) is 18.2 Å². The van der Waals surface area contributed by atoms with E-state index < -0.39 is 12.0 Å². The van der Waals surface area contributed by atoms with E-state index in [-0.39, 0.29) is 24.2 Å². The Labute approximate surface area is 169 Å². The molecule has 1 fully saturated rings. The predicted molar refractivity (Wildman–Crippen MR) is 104 cm³/mol. The van der Waals surface area contributed by atoms with Crippen LogP contribution in [0.25, 0.3) is 0 Å². The third-order valence-electron chi connectivity index (χ3n) is 4.96. The van der Waals surface area contributed by atoms with Gasteiger partial charge in [-0.25, -0.2) is 9.18 Å². The van der Waals surface area contributed by atoms with Gasteiger partial charge in [-0.1, -0.05) is 12.1 Å². The first-order valence-electron chi connectivity index (χ1n) is 9.42. The van der Waals surface area contributed by atoms with E-state index in [2.05, 4.69) is 0 Å². The summed E-state index contributed by atoms with van der Waals surface area (Å²) in [5.74, 6) is 0.266. The summed E-state index contributed by atoms with van der Waals surface area (Å²) in [5.41, 5.74) is 0.926. The van der Waals surface area contributed by atoms with Crippen LogP contribution in [-0.4, -0.2) is 49.7 Å². The molecule has 2 aromatic carbocycles. The number of nitrogens with zero attached hydrogens (tertiary/aromatic N) is 1. The highest BCUT2D eigenvalue weighted by Crippen LogP contribution is 2.25. The lowest BCUT2D eigenvalue weighted by Gasteiger charge is -2.22.